The van der Waals surface area contributed by atoms with E-state index in [1.54, 1.807) is 11.3 Å². The topological polar surface area (TPSA) is 46.3 Å². The molecule has 17 heavy (non-hydrogen) atoms. The molecule has 94 valence electrons. The normalized spacial score (nSPS) is 16.9. The van der Waals surface area contributed by atoms with E-state index in [2.05, 4.69) is 6.92 Å². The minimum atomic E-state index is 0.119. The lowest BCUT2D eigenvalue weighted by molar-refractivity contribution is 0.0723. The molecule has 1 aliphatic rings. The number of likely N-dealkylation sites (N-methyl/N-ethyl adjacent to an activating group) is 1. The maximum atomic E-state index is 12.3. The van der Waals surface area contributed by atoms with Crippen LogP contribution in [0.15, 0.2) is 6.07 Å². The van der Waals surface area contributed by atoms with E-state index >= 15 is 0 Å². The van der Waals surface area contributed by atoms with Crippen LogP contribution in [0.5, 0.6) is 0 Å². The van der Waals surface area contributed by atoms with E-state index in [1.807, 2.05) is 24.9 Å². The Kier molecular flexibility index (Phi) is 3.54. The summed E-state index contributed by atoms with van der Waals surface area (Å²) in [6.45, 7) is 4.66. The summed E-state index contributed by atoms with van der Waals surface area (Å²) in [7, 11) is 1.88. The maximum absolute atomic E-state index is 12.3. The van der Waals surface area contributed by atoms with Crippen molar-refractivity contribution in [1.29, 1.82) is 0 Å². The van der Waals surface area contributed by atoms with Crippen molar-refractivity contribution in [3.8, 4) is 0 Å². The van der Waals surface area contributed by atoms with Crippen LogP contribution in [0.1, 0.15) is 33.0 Å². The van der Waals surface area contributed by atoms with E-state index in [4.69, 9.17) is 5.73 Å². The summed E-state index contributed by atoms with van der Waals surface area (Å²) in [5.74, 6) is 0.740. The summed E-state index contributed by atoms with van der Waals surface area (Å²) in [5, 5.41) is 0. The summed E-state index contributed by atoms with van der Waals surface area (Å²) in [6.07, 6.45) is 2.42. The highest BCUT2D eigenvalue weighted by Crippen LogP contribution is 2.35. The van der Waals surface area contributed by atoms with Crippen LogP contribution in [-0.2, 0) is 0 Å². The molecule has 0 aromatic carbocycles. The van der Waals surface area contributed by atoms with Crippen molar-refractivity contribution < 1.29 is 4.79 Å². The van der Waals surface area contributed by atoms with Gasteiger partial charge < -0.3 is 10.6 Å². The van der Waals surface area contributed by atoms with Crippen molar-refractivity contribution >= 4 is 17.2 Å². The number of rotatable bonds is 4. The first-order valence-electron chi connectivity index (χ1n) is 6.09. The molecule has 2 N–H and O–H groups in total. The highest BCUT2D eigenvalue weighted by atomic mass is 32.1. The largest absolute Gasteiger partial charge is 0.336 e. The molecule has 0 aliphatic heterocycles. The average Bonchev–Trinajstić information content (AvgIpc) is 3.06. The first-order chi connectivity index (χ1) is 8.04. The fourth-order valence-electron chi connectivity index (χ4n) is 2.15. The average molecular weight is 252 g/mol. The van der Waals surface area contributed by atoms with Crippen LogP contribution in [0.3, 0.4) is 0 Å². The minimum absolute atomic E-state index is 0.119. The van der Waals surface area contributed by atoms with Gasteiger partial charge in [0.25, 0.3) is 5.91 Å². The van der Waals surface area contributed by atoms with Gasteiger partial charge in [-0.25, -0.2) is 0 Å². The second-order valence-electron chi connectivity index (χ2n) is 4.91. The number of nitrogens with two attached hydrogens (primary N) is 1. The Hall–Kier alpha value is -0.870. The van der Waals surface area contributed by atoms with E-state index in [1.165, 1.54) is 23.3 Å². The molecule has 1 aromatic heterocycles. The van der Waals surface area contributed by atoms with Gasteiger partial charge in [0.05, 0.1) is 4.88 Å². The predicted octanol–water partition coefficient (Wildman–Crippen LogP) is 2.17. The summed E-state index contributed by atoms with van der Waals surface area (Å²) in [4.78, 5) is 16.2. The molecule has 0 spiro atoms. The molecule has 4 heteroatoms. The van der Waals surface area contributed by atoms with Gasteiger partial charge in [-0.15, -0.1) is 11.3 Å². The summed E-state index contributed by atoms with van der Waals surface area (Å²) < 4.78 is 0. The lowest BCUT2D eigenvalue weighted by Gasteiger charge is -2.26. The van der Waals surface area contributed by atoms with Crippen molar-refractivity contribution in [3.05, 3.63) is 21.4 Å². The van der Waals surface area contributed by atoms with Crippen LogP contribution < -0.4 is 5.73 Å². The lowest BCUT2D eigenvalue weighted by Crippen LogP contribution is -2.43. The fraction of sp³-hybridized carbons (Fsp3) is 0.615. The standard InChI is InChI=1S/C13H20N2OS/c1-8-6-12(17-9(8)2)13(16)15(3)11(7-14)10-4-5-10/h6,10-11H,4-5,7,14H2,1-3H3. The quantitative estimate of drug-likeness (QED) is 0.892. The number of hydrogen-bond acceptors (Lipinski definition) is 3. The number of carbonyl (C=O) groups is 1. The second kappa shape index (κ2) is 4.78. The van der Waals surface area contributed by atoms with Gasteiger partial charge in [0.2, 0.25) is 0 Å². The van der Waals surface area contributed by atoms with Crippen molar-refractivity contribution in [2.45, 2.75) is 32.7 Å². The highest BCUT2D eigenvalue weighted by Gasteiger charge is 2.35. The van der Waals surface area contributed by atoms with Crippen LogP contribution in [0, 0.1) is 19.8 Å². The van der Waals surface area contributed by atoms with Crippen molar-refractivity contribution in [2.24, 2.45) is 11.7 Å². The minimum Gasteiger partial charge on any atom is -0.336 e. The Morgan fingerprint density at radius 3 is 2.65 bits per heavy atom. The third kappa shape index (κ3) is 2.53. The Labute approximate surface area is 107 Å². The van der Waals surface area contributed by atoms with Gasteiger partial charge in [0, 0.05) is 24.5 Å². The van der Waals surface area contributed by atoms with Crippen LogP contribution >= 0.6 is 11.3 Å². The molecule has 1 atom stereocenters. The number of amides is 1. The van der Waals surface area contributed by atoms with Gasteiger partial charge in [-0.1, -0.05) is 0 Å². The van der Waals surface area contributed by atoms with Crippen LogP contribution in [0.2, 0.25) is 0 Å². The van der Waals surface area contributed by atoms with Crippen LogP contribution in [0.25, 0.3) is 0 Å². The molecule has 1 fully saturated rings. The molecule has 1 amide bonds. The number of thiophene rings is 1. The third-order valence-electron chi connectivity index (χ3n) is 3.60. The van der Waals surface area contributed by atoms with Gasteiger partial charge >= 0.3 is 0 Å². The molecular formula is C13H20N2OS. The Balaban J connectivity index is 2.13. The molecule has 0 saturated heterocycles. The summed E-state index contributed by atoms with van der Waals surface area (Å²) in [6, 6.07) is 2.20. The molecule has 1 unspecified atom stereocenters. The highest BCUT2D eigenvalue weighted by molar-refractivity contribution is 7.14. The summed E-state index contributed by atoms with van der Waals surface area (Å²) >= 11 is 1.58. The van der Waals surface area contributed by atoms with Crippen LogP contribution in [-0.4, -0.2) is 30.4 Å². The number of aryl methyl sites for hydroxylation is 2. The molecule has 3 nitrogen and oxygen atoms in total. The van der Waals surface area contributed by atoms with Gasteiger partial charge in [-0.2, -0.15) is 0 Å². The summed E-state index contributed by atoms with van der Waals surface area (Å²) in [5.41, 5.74) is 6.97. The smallest absolute Gasteiger partial charge is 0.263 e. The monoisotopic (exact) mass is 252 g/mol. The first kappa shape index (κ1) is 12.6. The number of nitrogens with zero attached hydrogens (tertiary/aromatic N) is 1. The molecule has 0 radical (unpaired) electrons. The third-order valence-corrected chi connectivity index (χ3v) is 4.74. The molecular weight excluding hydrogens is 232 g/mol. The van der Waals surface area contributed by atoms with E-state index in [0.29, 0.717) is 12.5 Å². The Morgan fingerprint density at radius 2 is 2.24 bits per heavy atom. The lowest BCUT2D eigenvalue weighted by atomic mass is 10.1. The molecule has 1 aromatic rings. The zero-order valence-electron chi connectivity index (χ0n) is 10.7. The first-order valence-corrected chi connectivity index (χ1v) is 6.90. The number of hydrogen-bond donors (Lipinski definition) is 1. The number of carbonyl (C=O) groups excluding carboxylic acids is 1. The molecule has 2 rings (SSSR count). The fourth-order valence-corrected chi connectivity index (χ4v) is 3.17. The van der Waals surface area contributed by atoms with Crippen LogP contribution in [0.4, 0.5) is 0 Å². The predicted molar refractivity (Wildman–Crippen MR) is 71.5 cm³/mol. The van der Waals surface area contributed by atoms with Gasteiger partial charge in [-0.3, -0.25) is 4.79 Å². The molecule has 1 saturated carbocycles. The van der Waals surface area contributed by atoms with Crippen molar-refractivity contribution in [3.63, 3.8) is 0 Å². The van der Waals surface area contributed by atoms with Crippen molar-refractivity contribution in [1.82, 2.24) is 4.90 Å². The van der Waals surface area contributed by atoms with E-state index in [-0.39, 0.29) is 11.9 Å². The zero-order valence-corrected chi connectivity index (χ0v) is 11.5. The Bertz CT molecular complexity index is 404. The second-order valence-corrected chi connectivity index (χ2v) is 6.16. The van der Waals surface area contributed by atoms with E-state index < -0.39 is 0 Å². The molecule has 0 bridgehead atoms. The van der Waals surface area contributed by atoms with E-state index in [0.717, 1.165) is 4.88 Å². The van der Waals surface area contributed by atoms with Gasteiger partial charge in [0.15, 0.2) is 0 Å². The van der Waals surface area contributed by atoms with Crippen molar-refractivity contribution in [2.75, 3.05) is 13.6 Å². The maximum Gasteiger partial charge on any atom is 0.263 e. The van der Waals surface area contributed by atoms with Gasteiger partial charge in [0.1, 0.15) is 0 Å². The zero-order chi connectivity index (χ0) is 12.6. The van der Waals surface area contributed by atoms with E-state index in [9.17, 15) is 4.79 Å². The van der Waals surface area contributed by atoms with Gasteiger partial charge in [-0.05, 0) is 44.2 Å². The SMILES string of the molecule is Cc1cc(C(=O)N(C)C(CN)C2CC2)sc1C. The molecule has 1 heterocycles. The Morgan fingerprint density at radius 1 is 1.59 bits per heavy atom. The molecule has 1 aliphatic carbocycles.